The molecule has 8 heteroatoms. The van der Waals surface area contributed by atoms with Crippen molar-refractivity contribution in [3.63, 3.8) is 0 Å². The summed E-state index contributed by atoms with van der Waals surface area (Å²) in [6, 6.07) is 13.5. The number of thioether (sulfide) groups is 1. The number of anilines is 1. The molecule has 1 aliphatic rings. The lowest BCUT2D eigenvalue weighted by molar-refractivity contribution is -1.10. The second-order valence-corrected chi connectivity index (χ2v) is 8.90. The predicted molar refractivity (Wildman–Crippen MR) is 143 cm³/mol. The fourth-order valence-corrected chi connectivity index (χ4v) is 4.48. The number of aryl methyl sites for hydroxylation is 1. The lowest BCUT2D eigenvalue weighted by Gasteiger charge is -2.24. The maximum atomic E-state index is 13.8. The fourth-order valence-electron chi connectivity index (χ4n) is 3.32. The number of hydrogen-bond donors (Lipinski definition) is 3. The van der Waals surface area contributed by atoms with Crippen molar-refractivity contribution in [3.8, 4) is 0 Å². The highest BCUT2D eigenvalue weighted by molar-refractivity contribution is 8.01. The largest absolute Gasteiger partial charge is 0.388 e. The van der Waals surface area contributed by atoms with E-state index < -0.39 is 0 Å². The monoisotopic (exact) mass is 493 g/mol. The van der Waals surface area contributed by atoms with Crippen molar-refractivity contribution in [2.45, 2.75) is 45.1 Å². The third-order valence-corrected chi connectivity index (χ3v) is 6.23. The molecule has 0 saturated carbocycles. The molecule has 0 radical (unpaired) electrons. The zero-order chi connectivity index (χ0) is 24.7. The molecule has 0 amide bonds. The molecule has 0 aliphatic carbocycles. The Kier molecular flexibility index (Phi) is 13.9. The SMILES string of the molecule is C=N/C(=C\SC)NSc1cc(C)c(NC)cc1F.CC.O[N+]1(Cc2ccccc2)CCCC1. The van der Waals surface area contributed by atoms with E-state index in [2.05, 4.69) is 33.9 Å². The molecule has 1 saturated heterocycles. The minimum atomic E-state index is -0.269. The van der Waals surface area contributed by atoms with Gasteiger partial charge in [0.2, 0.25) is 0 Å². The lowest BCUT2D eigenvalue weighted by atomic mass is 10.2. The van der Waals surface area contributed by atoms with Gasteiger partial charge in [-0.2, -0.15) is 4.65 Å². The Morgan fingerprint density at radius 3 is 2.39 bits per heavy atom. The smallest absolute Gasteiger partial charge is 0.141 e. The normalized spacial score (nSPS) is 14.3. The van der Waals surface area contributed by atoms with Crippen LogP contribution in [0.2, 0.25) is 0 Å². The van der Waals surface area contributed by atoms with Gasteiger partial charge in [0.05, 0.1) is 4.90 Å². The molecule has 33 heavy (non-hydrogen) atoms. The molecule has 5 nitrogen and oxygen atoms in total. The average molecular weight is 494 g/mol. The zero-order valence-corrected chi connectivity index (χ0v) is 22.0. The summed E-state index contributed by atoms with van der Waals surface area (Å²) >= 11 is 2.69. The second-order valence-electron chi connectivity index (χ2n) is 7.34. The highest BCUT2D eigenvalue weighted by Gasteiger charge is 2.30. The van der Waals surface area contributed by atoms with E-state index in [-0.39, 0.29) is 10.5 Å². The van der Waals surface area contributed by atoms with Gasteiger partial charge < -0.3 is 10.0 Å². The molecular weight excluding hydrogens is 455 g/mol. The summed E-state index contributed by atoms with van der Waals surface area (Å²) in [5, 5.41) is 14.8. The van der Waals surface area contributed by atoms with Crippen LogP contribution in [0.1, 0.15) is 37.8 Å². The first-order valence-electron chi connectivity index (χ1n) is 11.1. The highest BCUT2D eigenvalue weighted by Crippen LogP contribution is 2.26. The van der Waals surface area contributed by atoms with Crippen molar-refractivity contribution in [3.05, 3.63) is 70.6 Å². The number of quaternary nitrogens is 1. The molecule has 1 fully saturated rings. The summed E-state index contributed by atoms with van der Waals surface area (Å²) in [6.45, 7) is 12.0. The van der Waals surface area contributed by atoms with Gasteiger partial charge >= 0.3 is 0 Å². The van der Waals surface area contributed by atoms with Gasteiger partial charge in [0, 0.05) is 36.5 Å². The predicted octanol–water partition coefficient (Wildman–Crippen LogP) is 6.85. The second kappa shape index (κ2) is 15.8. The highest BCUT2D eigenvalue weighted by atomic mass is 32.2. The summed E-state index contributed by atoms with van der Waals surface area (Å²) in [4.78, 5) is 4.33. The van der Waals surface area contributed by atoms with Crippen molar-refractivity contribution in [1.82, 2.24) is 4.72 Å². The summed E-state index contributed by atoms with van der Waals surface area (Å²) < 4.78 is 17.0. The topological polar surface area (TPSA) is 56.7 Å². The number of nitrogens with one attached hydrogen (secondary N) is 2. The molecule has 0 spiro atoms. The van der Waals surface area contributed by atoms with Crippen LogP contribution in [0.4, 0.5) is 10.1 Å². The van der Waals surface area contributed by atoms with Gasteiger partial charge in [0.25, 0.3) is 0 Å². The molecule has 0 atom stereocenters. The Hall–Kier alpha value is -2.00. The fraction of sp³-hybridized carbons (Fsp3) is 0.400. The van der Waals surface area contributed by atoms with Gasteiger partial charge in [0.1, 0.15) is 31.3 Å². The van der Waals surface area contributed by atoms with Crippen LogP contribution in [0.3, 0.4) is 0 Å². The average Bonchev–Trinajstić information content (AvgIpc) is 3.26. The van der Waals surface area contributed by atoms with Gasteiger partial charge in [-0.25, -0.2) is 14.6 Å². The first-order valence-corrected chi connectivity index (χ1v) is 13.2. The number of rotatable bonds is 8. The van der Waals surface area contributed by atoms with E-state index >= 15 is 0 Å². The van der Waals surface area contributed by atoms with Crippen LogP contribution in [-0.2, 0) is 6.54 Å². The van der Waals surface area contributed by atoms with Gasteiger partial charge in [-0.15, -0.1) is 11.8 Å². The number of nitrogens with zero attached hydrogens (tertiary/aromatic N) is 2. The molecule has 182 valence electrons. The third kappa shape index (κ3) is 10.2. The van der Waals surface area contributed by atoms with Gasteiger partial charge in [-0.05, 0) is 49.5 Å². The van der Waals surface area contributed by atoms with E-state index in [9.17, 15) is 9.60 Å². The van der Waals surface area contributed by atoms with Crippen molar-refractivity contribution in [2.24, 2.45) is 4.99 Å². The molecule has 1 heterocycles. The lowest BCUT2D eigenvalue weighted by Crippen LogP contribution is -2.40. The molecular formula is C25H38FN4OS2+. The number of hydroxylamine groups is 3. The molecule has 2 aromatic rings. The van der Waals surface area contributed by atoms with Gasteiger partial charge in [-0.3, -0.25) is 0 Å². The van der Waals surface area contributed by atoms with Gasteiger partial charge in [-0.1, -0.05) is 44.2 Å². The van der Waals surface area contributed by atoms with Crippen molar-refractivity contribution < 1.29 is 14.2 Å². The first kappa shape index (κ1) is 29.0. The molecule has 0 unspecified atom stereocenters. The summed E-state index contributed by atoms with van der Waals surface area (Å²) in [5.41, 5.74) is 3.01. The number of aliphatic imine (C=N–C) groups is 1. The van der Waals surface area contributed by atoms with Crippen LogP contribution in [-0.4, -0.2) is 43.0 Å². The first-order chi connectivity index (χ1) is 15.9. The van der Waals surface area contributed by atoms with E-state index in [4.69, 9.17) is 0 Å². The van der Waals surface area contributed by atoms with Crippen LogP contribution < -0.4 is 10.0 Å². The summed E-state index contributed by atoms with van der Waals surface area (Å²) in [6.07, 6.45) is 4.23. The molecule has 1 aliphatic heterocycles. The van der Waals surface area contributed by atoms with Crippen molar-refractivity contribution in [2.75, 3.05) is 31.7 Å². The van der Waals surface area contributed by atoms with Crippen LogP contribution in [0.25, 0.3) is 0 Å². The van der Waals surface area contributed by atoms with Crippen molar-refractivity contribution >= 4 is 36.1 Å². The van der Waals surface area contributed by atoms with E-state index in [1.165, 1.54) is 35.3 Å². The minimum Gasteiger partial charge on any atom is -0.388 e. The number of likely N-dealkylation sites (tertiary alicyclic amines) is 1. The molecule has 2 aromatic carbocycles. The Bertz CT molecular complexity index is 872. The van der Waals surface area contributed by atoms with Crippen LogP contribution >= 0.6 is 23.7 Å². The number of hydrogen-bond acceptors (Lipinski definition) is 6. The Morgan fingerprint density at radius 2 is 1.85 bits per heavy atom. The maximum Gasteiger partial charge on any atom is 0.141 e. The zero-order valence-electron chi connectivity index (χ0n) is 20.4. The number of halogens is 1. The Balaban J connectivity index is 0.000000319. The molecule has 0 aromatic heterocycles. The third-order valence-electron chi connectivity index (χ3n) is 4.93. The summed E-state index contributed by atoms with van der Waals surface area (Å²) in [5.74, 6) is 0.345. The standard InChI is InChI=1S/C12H16FN3S2.C11H16NO.C2H6/c1-8-5-11(9(13)6-10(8)14-2)18-16-12(15-3)7-17-4;13-12(8-4-5-9-12)10-11-6-2-1-3-7-11;1-2/h5-7,14,16H,3H2,1-2,4H3;1-3,6-7,13H,4-5,8-10H2;1-2H3/q;+1;/b12-7+;;. The molecule has 0 bridgehead atoms. The number of benzene rings is 2. The van der Waals surface area contributed by atoms with E-state index in [1.807, 2.05) is 50.6 Å². The van der Waals surface area contributed by atoms with Crippen LogP contribution in [0.5, 0.6) is 0 Å². The molecule has 3 rings (SSSR count). The Morgan fingerprint density at radius 1 is 1.21 bits per heavy atom. The van der Waals surface area contributed by atoms with Crippen molar-refractivity contribution in [1.29, 1.82) is 0 Å². The molecule has 3 N–H and O–H groups in total. The summed E-state index contributed by atoms with van der Waals surface area (Å²) in [7, 11) is 1.77. The Labute approximate surface area is 207 Å². The van der Waals surface area contributed by atoms with Crippen LogP contribution in [0.15, 0.2) is 63.6 Å². The van der Waals surface area contributed by atoms with E-state index in [0.717, 1.165) is 43.7 Å². The van der Waals surface area contributed by atoms with E-state index in [0.29, 0.717) is 10.7 Å². The van der Waals surface area contributed by atoms with Gasteiger partial charge in [0.15, 0.2) is 0 Å². The maximum absolute atomic E-state index is 13.8. The minimum absolute atomic E-state index is 0.240. The quantitative estimate of drug-likeness (QED) is 0.213. The van der Waals surface area contributed by atoms with Crippen LogP contribution in [0, 0.1) is 12.7 Å². The van der Waals surface area contributed by atoms with E-state index in [1.54, 1.807) is 13.1 Å².